The fourth-order valence-electron chi connectivity index (χ4n) is 2.71. The molecule has 20 heavy (non-hydrogen) atoms. The van der Waals surface area contributed by atoms with Gasteiger partial charge >= 0.3 is 0 Å². The van der Waals surface area contributed by atoms with Crippen molar-refractivity contribution in [3.63, 3.8) is 0 Å². The molecular weight excluding hydrogens is 269 g/mol. The van der Waals surface area contributed by atoms with E-state index in [4.69, 9.17) is 4.74 Å². The summed E-state index contributed by atoms with van der Waals surface area (Å²) in [5.41, 5.74) is 0.356. The lowest BCUT2D eigenvalue weighted by molar-refractivity contribution is -0.0620. The number of benzene rings is 1. The van der Waals surface area contributed by atoms with Crippen LogP contribution < -0.4 is 4.74 Å². The lowest BCUT2D eigenvalue weighted by Gasteiger charge is -2.31. The molecule has 1 aliphatic carbocycles. The van der Waals surface area contributed by atoms with Crippen LogP contribution in [0.15, 0.2) is 18.2 Å². The molecule has 0 bridgehead atoms. The van der Waals surface area contributed by atoms with Gasteiger partial charge in [-0.05, 0) is 30.4 Å². The van der Waals surface area contributed by atoms with Gasteiger partial charge in [0, 0.05) is 19.3 Å². The molecule has 1 unspecified atom stereocenters. The van der Waals surface area contributed by atoms with Gasteiger partial charge in [0.1, 0.15) is 0 Å². The second kappa shape index (κ2) is 6.04. The third-order valence-electron chi connectivity index (χ3n) is 4.00. The molecule has 1 aromatic rings. The minimum absolute atomic E-state index is 0.124. The lowest BCUT2D eigenvalue weighted by Crippen LogP contribution is -2.32. The first kappa shape index (κ1) is 15.2. The second-order valence-corrected chi connectivity index (χ2v) is 5.40. The Labute approximate surface area is 116 Å². The summed E-state index contributed by atoms with van der Waals surface area (Å²) in [5.74, 6) is -3.17. The average Bonchev–Trinajstić information content (AvgIpc) is 2.41. The Kier molecular flexibility index (Phi) is 4.58. The molecule has 1 atom stereocenters. The van der Waals surface area contributed by atoms with Gasteiger partial charge in [0.05, 0.1) is 13.2 Å². The summed E-state index contributed by atoms with van der Waals surface area (Å²) in [7, 11) is 1.38. The molecule has 0 amide bonds. The van der Waals surface area contributed by atoms with Crippen molar-refractivity contribution in [1.82, 2.24) is 0 Å². The van der Waals surface area contributed by atoms with Crippen molar-refractivity contribution in [2.75, 3.05) is 7.11 Å². The highest BCUT2D eigenvalue weighted by molar-refractivity contribution is 5.31. The predicted octanol–water partition coefficient (Wildman–Crippen LogP) is 3.56. The predicted molar refractivity (Wildman–Crippen MR) is 69.6 cm³/mol. The van der Waals surface area contributed by atoms with Crippen molar-refractivity contribution >= 4 is 0 Å². The maximum absolute atomic E-state index is 14.0. The molecule has 0 saturated heterocycles. The minimum atomic E-state index is -2.61. The summed E-state index contributed by atoms with van der Waals surface area (Å²) in [6.07, 6.45) is -0.517. The third-order valence-corrected chi connectivity index (χ3v) is 4.00. The van der Waals surface area contributed by atoms with E-state index in [1.54, 1.807) is 12.1 Å². The monoisotopic (exact) mass is 288 g/mol. The Morgan fingerprint density at radius 2 is 2.00 bits per heavy atom. The molecule has 2 nitrogen and oxygen atoms in total. The van der Waals surface area contributed by atoms with E-state index in [0.29, 0.717) is 5.56 Å². The fraction of sp³-hybridized carbons (Fsp3) is 0.600. The number of aliphatic hydroxyl groups excluding tert-OH is 1. The molecule has 0 spiro atoms. The second-order valence-electron chi connectivity index (χ2n) is 5.40. The fourth-order valence-corrected chi connectivity index (χ4v) is 2.71. The van der Waals surface area contributed by atoms with Gasteiger partial charge < -0.3 is 9.84 Å². The highest BCUT2D eigenvalue weighted by Gasteiger charge is 2.37. The van der Waals surface area contributed by atoms with Crippen LogP contribution in [0.25, 0.3) is 0 Å². The van der Waals surface area contributed by atoms with E-state index in [0.717, 1.165) is 0 Å². The van der Waals surface area contributed by atoms with Crippen LogP contribution in [0.3, 0.4) is 0 Å². The van der Waals surface area contributed by atoms with Crippen molar-refractivity contribution in [1.29, 1.82) is 0 Å². The van der Waals surface area contributed by atoms with E-state index < -0.39 is 17.8 Å². The molecule has 1 fully saturated rings. The van der Waals surface area contributed by atoms with E-state index in [1.807, 2.05) is 0 Å². The van der Waals surface area contributed by atoms with Crippen molar-refractivity contribution in [3.8, 4) is 5.75 Å². The number of alkyl halides is 2. The van der Waals surface area contributed by atoms with Gasteiger partial charge in [0.15, 0.2) is 11.6 Å². The molecule has 1 aromatic carbocycles. The molecule has 0 radical (unpaired) electrons. The molecule has 0 aromatic heterocycles. The topological polar surface area (TPSA) is 29.5 Å². The highest BCUT2D eigenvalue weighted by Crippen LogP contribution is 2.38. The summed E-state index contributed by atoms with van der Waals surface area (Å²) in [5, 5.41) is 10.1. The Bertz CT molecular complexity index is 452. The Morgan fingerprint density at radius 1 is 1.35 bits per heavy atom. The van der Waals surface area contributed by atoms with Gasteiger partial charge in [0.2, 0.25) is 5.92 Å². The molecule has 1 aliphatic rings. The van der Waals surface area contributed by atoms with Gasteiger partial charge in [-0.25, -0.2) is 13.2 Å². The zero-order chi connectivity index (χ0) is 14.8. The molecule has 1 N–H and O–H groups in total. The number of ether oxygens (including phenoxy) is 1. The van der Waals surface area contributed by atoms with E-state index in [9.17, 15) is 18.3 Å². The molecule has 0 aliphatic heterocycles. The maximum atomic E-state index is 14.0. The minimum Gasteiger partial charge on any atom is -0.494 e. The van der Waals surface area contributed by atoms with Crippen LogP contribution in [-0.2, 0) is 6.42 Å². The summed E-state index contributed by atoms with van der Waals surface area (Å²) in [4.78, 5) is 0. The van der Waals surface area contributed by atoms with Crippen LogP contribution in [0.5, 0.6) is 5.75 Å². The SMILES string of the molecule is COc1cccc(CC(O)C2CCC(F)(F)CC2)c1F. The lowest BCUT2D eigenvalue weighted by atomic mass is 9.81. The van der Waals surface area contributed by atoms with E-state index in [2.05, 4.69) is 0 Å². The highest BCUT2D eigenvalue weighted by atomic mass is 19.3. The first-order chi connectivity index (χ1) is 9.43. The van der Waals surface area contributed by atoms with Gasteiger partial charge in [-0.2, -0.15) is 0 Å². The summed E-state index contributed by atoms with van der Waals surface area (Å²) in [6.45, 7) is 0. The quantitative estimate of drug-likeness (QED) is 0.918. The van der Waals surface area contributed by atoms with Gasteiger partial charge in [-0.3, -0.25) is 0 Å². The third kappa shape index (κ3) is 3.45. The number of methoxy groups -OCH3 is 1. The number of hydrogen-bond donors (Lipinski definition) is 1. The number of hydrogen-bond acceptors (Lipinski definition) is 2. The molecular formula is C15H19F3O2. The normalized spacial score (nSPS) is 20.6. The molecule has 1 saturated carbocycles. The van der Waals surface area contributed by atoms with Crippen molar-refractivity contribution in [2.45, 2.75) is 44.1 Å². The van der Waals surface area contributed by atoms with E-state index in [-0.39, 0.29) is 43.8 Å². The maximum Gasteiger partial charge on any atom is 0.248 e. The van der Waals surface area contributed by atoms with Gasteiger partial charge in [0.25, 0.3) is 0 Å². The summed E-state index contributed by atoms with van der Waals surface area (Å²) < 4.78 is 45.0. The van der Waals surface area contributed by atoms with E-state index >= 15 is 0 Å². The van der Waals surface area contributed by atoms with Crippen molar-refractivity contribution in [3.05, 3.63) is 29.6 Å². The van der Waals surface area contributed by atoms with Crippen LogP contribution in [0.1, 0.15) is 31.2 Å². The number of rotatable bonds is 4. The average molecular weight is 288 g/mol. The van der Waals surface area contributed by atoms with Crippen molar-refractivity contribution < 1.29 is 23.0 Å². The first-order valence-corrected chi connectivity index (χ1v) is 6.80. The Morgan fingerprint density at radius 3 is 2.60 bits per heavy atom. The summed E-state index contributed by atoms with van der Waals surface area (Å²) in [6, 6.07) is 4.74. The number of aliphatic hydroxyl groups is 1. The van der Waals surface area contributed by atoms with Crippen LogP contribution >= 0.6 is 0 Å². The van der Waals surface area contributed by atoms with E-state index in [1.165, 1.54) is 13.2 Å². The van der Waals surface area contributed by atoms with Crippen LogP contribution in [-0.4, -0.2) is 24.2 Å². The van der Waals surface area contributed by atoms with Crippen LogP contribution in [0, 0.1) is 11.7 Å². The standard InChI is InChI=1S/C15H19F3O2/c1-20-13-4-2-3-11(14(13)16)9-12(19)10-5-7-15(17,18)8-6-10/h2-4,10,12,19H,5-9H2,1H3. The Hall–Kier alpha value is -1.23. The van der Waals surface area contributed by atoms with Gasteiger partial charge in [-0.1, -0.05) is 12.1 Å². The summed E-state index contributed by atoms with van der Waals surface area (Å²) >= 11 is 0. The number of halogens is 3. The van der Waals surface area contributed by atoms with Gasteiger partial charge in [-0.15, -0.1) is 0 Å². The zero-order valence-electron chi connectivity index (χ0n) is 11.4. The van der Waals surface area contributed by atoms with Crippen molar-refractivity contribution in [2.24, 2.45) is 5.92 Å². The Balaban J connectivity index is 2.00. The largest absolute Gasteiger partial charge is 0.494 e. The molecule has 5 heteroatoms. The first-order valence-electron chi connectivity index (χ1n) is 6.80. The molecule has 0 heterocycles. The molecule has 112 valence electrons. The van der Waals surface area contributed by atoms with Crippen LogP contribution in [0.4, 0.5) is 13.2 Å². The smallest absolute Gasteiger partial charge is 0.248 e. The molecule has 2 rings (SSSR count). The zero-order valence-corrected chi connectivity index (χ0v) is 11.4. The van der Waals surface area contributed by atoms with Crippen LogP contribution in [0.2, 0.25) is 0 Å².